The Bertz CT molecular complexity index is 497. The molecule has 21 heavy (non-hydrogen) atoms. The summed E-state index contributed by atoms with van der Waals surface area (Å²) in [6.45, 7) is 2.54. The van der Waals surface area contributed by atoms with E-state index in [0.29, 0.717) is 6.04 Å². The van der Waals surface area contributed by atoms with Gasteiger partial charge in [-0.15, -0.1) is 0 Å². The van der Waals surface area contributed by atoms with E-state index in [0.717, 1.165) is 25.2 Å². The van der Waals surface area contributed by atoms with E-state index in [-0.39, 0.29) is 11.9 Å². The minimum Gasteiger partial charge on any atom is -0.367 e. The molecule has 4 heteroatoms. The van der Waals surface area contributed by atoms with Crippen LogP contribution in [0.1, 0.15) is 63.5 Å². The quantitative estimate of drug-likeness (QED) is 0.925. The number of nitrogens with one attached hydrogen (secondary N) is 1. The number of rotatable bonds is 3. The van der Waals surface area contributed by atoms with Crippen LogP contribution in [0.4, 0.5) is 5.82 Å². The maximum Gasteiger partial charge on any atom is 0.219 e. The highest BCUT2D eigenvalue weighted by molar-refractivity contribution is 5.74. The lowest BCUT2D eigenvalue weighted by Crippen LogP contribution is -2.30. The van der Waals surface area contributed by atoms with Gasteiger partial charge in [-0.05, 0) is 31.7 Å². The average molecular weight is 287 g/mol. The van der Waals surface area contributed by atoms with Gasteiger partial charge in [0.15, 0.2) is 0 Å². The first-order valence-electron chi connectivity index (χ1n) is 8.24. The summed E-state index contributed by atoms with van der Waals surface area (Å²) in [4.78, 5) is 18.4. The van der Waals surface area contributed by atoms with Gasteiger partial charge in [0.25, 0.3) is 0 Å². The van der Waals surface area contributed by atoms with Gasteiger partial charge in [-0.2, -0.15) is 0 Å². The molecule has 1 aromatic rings. The van der Waals surface area contributed by atoms with Crippen molar-refractivity contribution in [2.75, 3.05) is 11.9 Å². The van der Waals surface area contributed by atoms with E-state index in [1.54, 1.807) is 6.92 Å². The van der Waals surface area contributed by atoms with Crippen molar-refractivity contribution >= 4 is 11.7 Å². The molecule has 1 atom stereocenters. The van der Waals surface area contributed by atoms with Crippen molar-refractivity contribution in [1.82, 2.24) is 9.88 Å². The normalized spacial score (nSPS) is 23.3. The summed E-state index contributed by atoms with van der Waals surface area (Å²) in [6, 6.07) is 4.85. The fourth-order valence-electron chi connectivity index (χ4n) is 3.71. The molecule has 2 fully saturated rings. The summed E-state index contributed by atoms with van der Waals surface area (Å²) >= 11 is 0. The predicted octanol–water partition coefficient (Wildman–Crippen LogP) is 3.51. The van der Waals surface area contributed by atoms with Crippen LogP contribution in [-0.2, 0) is 4.79 Å². The Labute approximate surface area is 126 Å². The van der Waals surface area contributed by atoms with E-state index in [4.69, 9.17) is 0 Å². The van der Waals surface area contributed by atoms with Crippen LogP contribution in [0.15, 0.2) is 18.3 Å². The van der Waals surface area contributed by atoms with Crippen LogP contribution in [0.5, 0.6) is 0 Å². The SMILES string of the molecule is CC(=O)N1CCC[C@@H]1c1cccnc1NC1CCCCC1. The van der Waals surface area contributed by atoms with Crippen LogP contribution >= 0.6 is 0 Å². The molecule has 0 aromatic carbocycles. The van der Waals surface area contributed by atoms with Gasteiger partial charge < -0.3 is 10.2 Å². The zero-order valence-corrected chi connectivity index (χ0v) is 12.8. The molecule has 1 aliphatic heterocycles. The minimum atomic E-state index is 0.171. The number of likely N-dealkylation sites (tertiary alicyclic amines) is 1. The van der Waals surface area contributed by atoms with Gasteiger partial charge in [-0.25, -0.2) is 4.98 Å². The summed E-state index contributed by atoms with van der Waals surface area (Å²) < 4.78 is 0. The topological polar surface area (TPSA) is 45.2 Å². The molecule has 0 bridgehead atoms. The molecule has 0 radical (unpaired) electrons. The van der Waals surface area contributed by atoms with Crippen LogP contribution < -0.4 is 5.32 Å². The van der Waals surface area contributed by atoms with E-state index in [9.17, 15) is 4.79 Å². The molecule has 2 heterocycles. The molecule has 3 rings (SSSR count). The number of hydrogen-bond acceptors (Lipinski definition) is 3. The third-order valence-corrected chi connectivity index (χ3v) is 4.80. The van der Waals surface area contributed by atoms with Crippen molar-refractivity contribution in [1.29, 1.82) is 0 Å². The Hall–Kier alpha value is -1.58. The number of hydrogen-bond donors (Lipinski definition) is 1. The number of pyridine rings is 1. The number of amides is 1. The molecule has 1 amide bonds. The van der Waals surface area contributed by atoms with E-state index in [1.165, 1.54) is 37.7 Å². The summed E-state index contributed by atoms with van der Waals surface area (Å²) in [5.74, 6) is 1.16. The van der Waals surface area contributed by atoms with Gasteiger partial charge in [0, 0.05) is 31.3 Å². The van der Waals surface area contributed by atoms with E-state index < -0.39 is 0 Å². The molecule has 114 valence electrons. The maximum atomic E-state index is 11.8. The molecule has 1 aromatic heterocycles. The van der Waals surface area contributed by atoms with Gasteiger partial charge in [0.2, 0.25) is 5.91 Å². The smallest absolute Gasteiger partial charge is 0.219 e. The van der Waals surface area contributed by atoms with Gasteiger partial charge >= 0.3 is 0 Å². The summed E-state index contributed by atoms with van der Waals surface area (Å²) in [5.41, 5.74) is 1.19. The number of nitrogens with zero attached hydrogens (tertiary/aromatic N) is 2. The Morgan fingerprint density at radius 1 is 1.24 bits per heavy atom. The van der Waals surface area contributed by atoms with Crippen molar-refractivity contribution in [3.63, 3.8) is 0 Å². The van der Waals surface area contributed by atoms with Gasteiger partial charge in [-0.1, -0.05) is 25.3 Å². The molecule has 1 N–H and O–H groups in total. The lowest BCUT2D eigenvalue weighted by molar-refractivity contribution is -0.129. The Morgan fingerprint density at radius 3 is 2.81 bits per heavy atom. The second kappa shape index (κ2) is 6.46. The average Bonchev–Trinajstić information content (AvgIpc) is 2.98. The van der Waals surface area contributed by atoms with Gasteiger partial charge in [0.1, 0.15) is 5.82 Å². The fraction of sp³-hybridized carbons (Fsp3) is 0.647. The fourth-order valence-corrected chi connectivity index (χ4v) is 3.71. The highest BCUT2D eigenvalue weighted by Gasteiger charge is 2.30. The van der Waals surface area contributed by atoms with Crippen molar-refractivity contribution in [2.45, 2.75) is 64.0 Å². The molecule has 1 aliphatic carbocycles. The van der Waals surface area contributed by atoms with Gasteiger partial charge in [0.05, 0.1) is 6.04 Å². The van der Waals surface area contributed by atoms with Crippen LogP contribution in [0, 0.1) is 0 Å². The van der Waals surface area contributed by atoms with Crippen LogP contribution in [0.25, 0.3) is 0 Å². The van der Waals surface area contributed by atoms with Crippen molar-refractivity contribution in [3.8, 4) is 0 Å². The Kier molecular flexibility index (Phi) is 4.42. The zero-order chi connectivity index (χ0) is 14.7. The standard InChI is InChI=1S/C17H25N3O/c1-13(21)20-12-6-10-16(20)15-9-5-11-18-17(15)19-14-7-3-2-4-8-14/h5,9,11,14,16H,2-4,6-8,10,12H2,1H3,(H,18,19)/t16-/m1/s1. The molecule has 1 saturated carbocycles. The largest absolute Gasteiger partial charge is 0.367 e. The van der Waals surface area contributed by atoms with E-state index in [2.05, 4.69) is 16.4 Å². The monoisotopic (exact) mass is 287 g/mol. The molecule has 0 unspecified atom stereocenters. The zero-order valence-electron chi connectivity index (χ0n) is 12.8. The first-order chi connectivity index (χ1) is 10.3. The van der Waals surface area contributed by atoms with Crippen molar-refractivity contribution in [2.24, 2.45) is 0 Å². The maximum absolute atomic E-state index is 11.8. The predicted molar refractivity (Wildman–Crippen MR) is 84.1 cm³/mol. The number of anilines is 1. The third kappa shape index (κ3) is 3.20. The van der Waals surface area contributed by atoms with Crippen molar-refractivity contribution < 1.29 is 4.79 Å². The molecular formula is C17H25N3O. The summed E-state index contributed by atoms with van der Waals surface area (Å²) in [5, 5.41) is 3.64. The van der Waals surface area contributed by atoms with Gasteiger partial charge in [-0.3, -0.25) is 4.79 Å². The molecule has 4 nitrogen and oxygen atoms in total. The second-order valence-corrected chi connectivity index (χ2v) is 6.29. The van der Waals surface area contributed by atoms with E-state index >= 15 is 0 Å². The molecule has 0 spiro atoms. The summed E-state index contributed by atoms with van der Waals surface area (Å²) in [6.07, 6.45) is 10.4. The highest BCUT2D eigenvalue weighted by Crippen LogP contribution is 2.35. The van der Waals surface area contributed by atoms with Crippen LogP contribution in [0.2, 0.25) is 0 Å². The lowest BCUT2D eigenvalue weighted by Gasteiger charge is -2.28. The van der Waals surface area contributed by atoms with E-state index in [1.807, 2.05) is 17.2 Å². The van der Waals surface area contributed by atoms with Crippen molar-refractivity contribution in [3.05, 3.63) is 23.9 Å². The number of carbonyl (C=O) groups excluding carboxylic acids is 1. The molecular weight excluding hydrogens is 262 g/mol. The lowest BCUT2D eigenvalue weighted by atomic mass is 9.95. The Balaban J connectivity index is 1.80. The highest BCUT2D eigenvalue weighted by atomic mass is 16.2. The second-order valence-electron chi connectivity index (χ2n) is 6.29. The first-order valence-corrected chi connectivity index (χ1v) is 8.24. The number of aromatic nitrogens is 1. The third-order valence-electron chi connectivity index (χ3n) is 4.80. The summed E-state index contributed by atoms with van der Waals surface area (Å²) in [7, 11) is 0. The number of carbonyl (C=O) groups is 1. The minimum absolute atomic E-state index is 0.171. The molecule has 2 aliphatic rings. The van der Waals surface area contributed by atoms with Crippen LogP contribution in [0.3, 0.4) is 0 Å². The first kappa shape index (κ1) is 14.4. The Morgan fingerprint density at radius 2 is 2.05 bits per heavy atom. The molecule has 1 saturated heterocycles. The van der Waals surface area contributed by atoms with Crippen LogP contribution in [-0.4, -0.2) is 28.4 Å².